The van der Waals surface area contributed by atoms with Gasteiger partial charge in [0.1, 0.15) is 12.2 Å². The van der Waals surface area contributed by atoms with Crippen molar-refractivity contribution in [2.75, 3.05) is 33.0 Å². The number of phosphoric acid groups is 1. The Bertz CT molecular complexity index is 902. The molecule has 0 aliphatic heterocycles. The summed E-state index contributed by atoms with van der Waals surface area (Å²) >= 11 is 0. The maximum absolute atomic E-state index is 12.6. The zero-order chi connectivity index (χ0) is 41.8. The monoisotopic (exact) mass is 833 g/mol. The van der Waals surface area contributed by atoms with Crippen LogP contribution in [0.1, 0.15) is 239 Å². The zero-order valence-electron chi connectivity index (χ0n) is 37.3. The van der Waals surface area contributed by atoms with E-state index in [1.54, 1.807) is 0 Å². The highest BCUT2D eigenvalue weighted by Crippen LogP contribution is 2.43. The SMILES string of the molecule is CCCCCCCC/C=C\CCCCCCCCCC(=O)OC(COCCCCCCCCCCCCCCCCCCCCC)COP(=O)(O)OCC(O)CO. The molecule has 0 aromatic rings. The molecular formula is C47H93O9P. The Labute approximate surface area is 351 Å². The van der Waals surface area contributed by atoms with Crippen molar-refractivity contribution in [3.05, 3.63) is 12.2 Å². The lowest BCUT2D eigenvalue weighted by Gasteiger charge is -2.20. The first kappa shape index (κ1) is 56.2. The predicted molar refractivity (Wildman–Crippen MR) is 238 cm³/mol. The molecule has 57 heavy (non-hydrogen) atoms. The van der Waals surface area contributed by atoms with E-state index in [9.17, 15) is 19.4 Å². The summed E-state index contributed by atoms with van der Waals surface area (Å²) in [4.78, 5) is 22.6. The quantitative estimate of drug-likeness (QED) is 0.0237. The van der Waals surface area contributed by atoms with Crippen molar-refractivity contribution >= 4 is 13.8 Å². The topological polar surface area (TPSA) is 132 Å². The first-order valence-corrected chi connectivity index (χ1v) is 25.7. The number of aliphatic hydroxyl groups excluding tert-OH is 2. The molecule has 3 atom stereocenters. The molecular weight excluding hydrogens is 739 g/mol. The molecule has 0 aliphatic rings. The molecule has 0 heterocycles. The fourth-order valence-corrected chi connectivity index (χ4v) is 7.79. The van der Waals surface area contributed by atoms with Gasteiger partial charge in [-0.05, 0) is 38.5 Å². The van der Waals surface area contributed by atoms with E-state index in [0.29, 0.717) is 6.61 Å². The minimum Gasteiger partial charge on any atom is -0.457 e. The van der Waals surface area contributed by atoms with Gasteiger partial charge in [-0.25, -0.2) is 4.57 Å². The Balaban J connectivity index is 4.07. The summed E-state index contributed by atoms with van der Waals surface area (Å²) in [7, 11) is -4.52. The molecule has 0 aromatic carbocycles. The van der Waals surface area contributed by atoms with Gasteiger partial charge in [-0.3, -0.25) is 13.8 Å². The predicted octanol–water partition coefficient (Wildman–Crippen LogP) is 13.7. The van der Waals surface area contributed by atoms with Crippen LogP contribution in [0.2, 0.25) is 0 Å². The second-order valence-electron chi connectivity index (χ2n) is 16.5. The number of ether oxygens (including phenoxy) is 2. The molecule has 0 fully saturated rings. The van der Waals surface area contributed by atoms with Gasteiger partial charge in [-0.15, -0.1) is 0 Å². The van der Waals surface area contributed by atoms with Crippen LogP contribution >= 0.6 is 7.82 Å². The first-order chi connectivity index (χ1) is 27.8. The summed E-state index contributed by atoms with van der Waals surface area (Å²) in [6.45, 7) is 3.57. The zero-order valence-corrected chi connectivity index (χ0v) is 38.2. The van der Waals surface area contributed by atoms with Gasteiger partial charge >= 0.3 is 13.8 Å². The number of aliphatic hydroxyl groups is 2. The highest BCUT2D eigenvalue weighted by Gasteiger charge is 2.26. The largest absolute Gasteiger partial charge is 0.472 e. The van der Waals surface area contributed by atoms with Crippen LogP contribution in [0.5, 0.6) is 0 Å². The number of phosphoric ester groups is 1. The van der Waals surface area contributed by atoms with E-state index in [-0.39, 0.29) is 25.6 Å². The van der Waals surface area contributed by atoms with Crippen LogP contribution in [0.15, 0.2) is 12.2 Å². The van der Waals surface area contributed by atoms with Crippen LogP contribution in [-0.4, -0.2) is 66.3 Å². The molecule has 0 saturated carbocycles. The summed E-state index contributed by atoms with van der Waals surface area (Å²) in [5.74, 6) is -0.382. The minimum atomic E-state index is -4.52. The first-order valence-electron chi connectivity index (χ1n) is 24.2. The molecule has 0 bridgehead atoms. The van der Waals surface area contributed by atoms with Gasteiger partial charge in [0.25, 0.3) is 0 Å². The van der Waals surface area contributed by atoms with Crippen molar-refractivity contribution < 1.29 is 43.0 Å². The third kappa shape index (κ3) is 44.6. The molecule has 9 nitrogen and oxygen atoms in total. The molecule has 0 saturated heterocycles. The average Bonchev–Trinajstić information content (AvgIpc) is 3.20. The van der Waals surface area contributed by atoms with Gasteiger partial charge in [0, 0.05) is 13.0 Å². The van der Waals surface area contributed by atoms with Crippen LogP contribution in [-0.2, 0) is 27.9 Å². The Morgan fingerprint density at radius 2 is 0.895 bits per heavy atom. The van der Waals surface area contributed by atoms with Crippen molar-refractivity contribution in [3.63, 3.8) is 0 Å². The molecule has 0 aromatic heterocycles. The van der Waals surface area contributed by atoms with Gasteiger partial charge in [-0.1, -0.05) is 206 Å². The lowest BCUT2D eigenvalue weighted by molar-refractivity contribution is -0.154. The van der Waals surface area contributed by atoms with Crippen molar-refractivity contribution in [3.8, 4) is 0 Å². The normalized spacial score (nSPS) is 14.0. The Morgan fingerprint density at radius 3 is 1.32 bits per heavy atom. The molecule has 0 aliphatic carbocycles. The maximum atomic E-state index is 12.6. The molecule has 3 unspecified atom stereocenters. The molecule has 3 N–H and O–H groups in total. The molecule has 10 heteroatoms. The van der Waals surface area contributed by atoms with Gasteiger partial charge in [0.05, 0.1) is 26.4 Å². The van der Waals surface area contributed by atoms with Crippen LogP contribution in [0.25, 0.3) is 0 Å². The Hall–Kier alpha value is -0.800. The van der Waals surface area contributed by atoms with E-state index < -0.39 is 33.2 Å². The Morgan fingerprint density at radius 1 is 0.526 bits per heavy atom. The highest BCUT2D eigenvalue weighted by molar-refractivity contribution is 7.47. The third-order valence-corrected chi connectivity index (χ3v) is 11.7. The second kappa shape index (κ2) is 44.7. The minimum absolute atomic E-state index is 0.0539. The van der Waals surface area contributed by atoms with Crippen LogP contribution in [0, 0.1) is 0 Å². The number of hydrogen-bond donors (Lipinski definition) is 3. The highest BCUT2D eigenvalue weighted by atomic mass is 31.2. The van der Waals surface area contributed by atoms with Crippen LogP contribution < -0.4 is 0 Å². The van der Waals surface area contributed by atoms with E-state index >= 15 is 0 Å². The number of carbonyl (C=O) groups is 1. The van der Waals surface area contributed by atoms with E-state index in [1.165, 1.54) is 180 Å². The number of rotatable bonds is 47. The summed E-state index contributed by atoms with van der Waals surface area (Å²) in [5.41, 5.74) is 0. The van der Waals surface area contributed by atoms with Crippen LogP contribution in [0.4, 0.5) is 0 Å². The van der Waals surface area contributed by atoms with E-state index in [4.69, 9.17) is 23.6 Å². The van der Waals surface area contributed by atoms with Gasteiger partial charge in [0.15, 0.2) is 0 Å². The second-order valence-corrected chi connectivity index (χ2v) is 17.9. The standard InChI is InChI=1S/C47H93O9P/c1-3-5-7-9-11-13-15-17-19-21-22-24-26-28-30-32-34-36-38-40-53-43-46(44-55-57(51,52)54-42-45(49)41-48)56-47(50)39-37-35-33-31-29-27-25-23-20-18-16-14-12-10-8-6-4-2/h18,20,45-46,48-49H,3-17,19,21-44H2,1-2H3,(H,51,52)/b20-18-. The summed E-state index contributed by atoms with van der Waals surface area (Å²) < 4.78 is 33.5. The molecule has 0 amide bonds. The fraction of sp³-hybridized carbons (Fsp3) is 0.936. The number of esters is 1. The Kier molecular flexibility index (Phi) is 44.1. The average molecular weight is 833 g/mol. The summed E-state index contributed by atoms with van der Waals surface area (Å²) in [6, 6.07) is 0. The number of allylic oxidation sites excluding steroid dienone is 2. The number of hydrogen-bond acceptors (Lipinski definition) is 8. The lowest BCUT2D eigenvalue weighted by Crippen LogP contribution is -2.29. The number of unbranched alkanes of at least 4 members (excludes halogenated alkanes) is 31. The van der Waals surface area contributed by atoms with Gasteiger partial charge in [0.2, 0.25) is 0 Å². The summed E-state index contributed by atoms with van der Waals surface area (Å²) in [6.07, 6.45) is 46.0. The van der Waals surface area contributed by atoms with E-state index in [2.05, 4.69) is 26.0 Å². The van der Waals surface area contributed by atoms with E-state index in [1.807, 2.05) is 0 Å². The van der Waals surface area contributed by atoms with Gasteiger partial charge in [-0.2, -0.15) is 0 Å². The van der Waals surface area contributed by atoms with Crippen molar-refractivity contribution in [2.45, 2.75) is 251 Å². The molecule has 340 valence electrons. The van der Waals surface area contributed by atoms with Crippen molar-refractivity contribution in [1.29, 1.82) is 0 Å². The van der Waals surface area contributed by atoms with Crippen LogP contribution in [0.3, 0.4) is 0 Å². The fourth-order valence-electron chi connectivity index (χ4n) is 7.00. The van der Waals surface area contributed by atoms with Crippen molar-refractivity contribution in [1.82, 2.24) is 0 Å². The smallest absolute Gasteiger partial charge is 0.457 e. The molecule has 0 spiro atoms. The molecule has 0 rings (SSSR count). The van der Waals surface area contributed by atoms with Crippen molar-refractivity contribution in [2.24, 2.45) is 0 Å². The summed E-state index contributed by atoms with van der Waals surface area (Å²) in [5, 5.41) is 18.4. The maximum Gasteiger partial charge on any atom is 0.472 e. The molecule has 0 radical (unpaired) electrons. The van der Waals surface area contributed by atoms with E-state index in [0.717, 1.165) is 38.5 Å². The number of carbonyl (C=O) groups excluding carboxylic acids is 1. The third-order valence-electron chi connectivity index (χ3n) is 10.7. The van der Waals surface area contributed by atoms with Gasteiger partial charge < -0.3 is 24.6 Å². The lowest BCUT2D eigenvalue weighted by atomic mass is 10.0.